The molecular weight excluding hydrogens is 472 g/mol. The number of aryl methyl sites for hydroxylation is 1. The molecule has 0 aliphatic carbocycles. The Morgan fingerprint density at radius 1 is 0.784 bits per heavy atom. The summed E-state index contributed by atoms with van der Waals surface area (Å²) in [6, 6.07) is 21.4. The Kier molecular flexibility index (Phi) is 7.68. The van der Waals surface area contributed by atoms with E-state index in [1.54, 1.807) is 24.3 Å². The van der Waals surface area contributed by atoms with Crippen molar-refractivity contribution >= 4 is 28.9 Å². The minimum atomic E-state index is -0.492. The van der Waals surface area contributed by atoms with Crippen LogP contribution in [0, 0.1) is 6.92 Å². The Balaban J connectivity index is 1.63. The number of carbonyl (C=O) groups is 2. The third kappa shape index (κ3) is 5.54. The molecule has 4 rings (SSSR count). The van der Waals surface area contributed by atoms with Gasteiger partial charge in [0.2, 0.25) is 5.75 Å². The number of benzene rings is 4. The summed E-state index contributed by atoms with van der Waals surface area (Å²) in [5.41, 5.74) is 4.70. The summed E-state index contributed by atoms with van der Waals surface area (Å²) >= 11 is 0. The first kappa shape index (κ1) is 25.2. The minimum absolute atomic E-state index is 0.260. The molecule has 0 unspecified atom stereocenters. The van der Waals surface area contributed by atoms with Gasteiger partial charge < -0.3 is 18.9 Å². The predicted molar refractivity (Wildman–Crippen MR) is 141 cm³/mol. The molecule has 0 atom stereocenters. The summed E-state index contributed by atoms with van der Waals surface area (Å²) in [7, 11) is 4.42. The summed E-state index contributed by atoms with van der Waals surface area (Å²) in [4.78, 5) is 25.7. The lowest BCUT2D eigenvalue weighted by molar-refractivity contribution is 0.0734. The van der Waals surface area contributed by atoms with Gasteiger partial charge in [-0.15, -0.1) is 0 Å². The minimum Gasteiger partial charge on any atom is -0.493 e. The number of fused-ring (bicyclic) bond motifs is 1. The Hall–Kier alpha value is -4.85. The molecule has 0 bridgehead atoms. The number of methoxy groups -OCH3 is 3. The highest BCUT2D eigenvalue weighted by Gasteiger charge is 2.17. The van der Waals surface area contributed by atoms with Crippen molar-refractivity contribution in [2.45, 2.75) is 6.92 Å². The maximum absolute atomic E-state index is 12.9. The SMILES string of the molecule is COc1cc(C(=O)N/N=C/c2c(OC(=O)c3cccc(C)c3)ccc3ccccc23)cc(OC)c1OC. The normalized spacial score (nSPS) is 10.8. The molecule has 0 spiro atoms. The monoisotopic (exact) mass is 498 g/mol. The zero-order chi connectivity index (χ0) is 26.4. The summed E-state index contributed by atoms with van der Waals surface area (Å²) in [5, 5.41) is 5.88. The highest BCUT2D eigenvalue weighted by molar-refractivity contribution is 6.04. The highest BCUT2D eigenvalue weighted by Crippen LogP contribution is 2.38. The number of hydrogen-bond donors (Lipinski definition) is 1. The molecule has 0 fully saturated rings. The molecule has 0 radical (unpaired) electrons. The first-order valence-electron chi connectivity index (χ1n) is 11.4. The van der Waals surface area contributed by atoms with Crippen molar-refractivity contribution in [3.05, 3.63) is 95.1 Å². The van der Waals surface area contributed by atoms with Crippen molar-refractivity contribution in [1.82, 2.24) is 5.43 Å². The van der Waals surface area contributed by atoms with Gasteiger partial charge in [0.05, 0.1) is 33.1 Å². The van der Waals surface area contributed by atoms with Crippen LogP contribution in [0.5, 0.6) is 23.0 Å². The average Bonchev–Trinajstić information content (AvgIpc) is 2.92. The molecule has 0 aliphatic heterocycles. The third-order valence-corrected chi connectivity index (χ3v) is 5.67. The second-order valence-corrected chi connectivity index (χ2v) is 8.07. The number of nitrogens with zero attached hydrogens (tertiary/aromatic N) is 1. The summed E-state index contributed by atoms with van der Waals surface area (Å²) < 4.78 is 21.7. The quantitative estimate of drug-likeness (QED) is 0.156. The molecule has 0 saturated heterocycles. The molecule has 1 N–H and O–H groups in total. The molecule has 0 heterocycles. The zero-order valence-electron chi connectivity index (χ0n) is 20.9. The lowest BCUT2D eigenvalue weighted by Gasteiger charge is -2.13. The Morgan fingerprint density at radius 2 is 1.51 bits per heavy atom. The second-order valence-electron chi connectivity index (χ2n) is 8.07. The van der Waals surface area contributed by atoms with Crippen molar-refractivity contribution in [2.24, 2.45) is 5.10 Å². The van der Waals surface area contributed by atoms with E-state index in [4.69, 9.17) is 18.9 Å². The van der Waals surface area contributed by atoms with Crippen LogP contribution >= 0.6 is 0 Å². The van der Waals surface area contributed by atoms with Crippen LogP contribution in [-0.2, 0) is 0 Å². The molecule has 8 nitrogen and oxygen atoms in total. The average molecular weight is 499 g/mol. The van der Waals surface area contributed by atoms with E-state index in [0.29, 0.717) is 34.1 Å². The number of ether oxygens (including phenoxy) is 4. The zero-order valence-corrected chi connectivity index (χ0v) is 20.9. The number of hydrazone groups is 1. The molecular formula is C29H26N2O6. The van der Waals surface area contributed by atoms with Gasteiger partial charge in [-0.2, -0.15) is 5.10 Å². The van der Waals surface area contributed by atoms with Gasteiger partial charge in [-0.1, -0.05) is 48.0 Å². The van der Waals surface area contributed by atoms with Gasteiger partial charge in [0.25, 0.3) is 5.91 Å². The fourth-order valence-corrected chi connectivity index (χ4v) is 3.86. The number of hydrogen-bond acceptors (Lipinski definition) is 7. The van der Waals surface area contributed by atoms with Gasteiger partial charge in [0.1, 0.15) is 5.75 Å². The fraction of sp³-hybridized carbons (Fsp3) is 0.138. The van der Waals surface area contributed by atoms with Gasteiger partial charge >= 0.3 is 5.97 Å². The van der Waals surface area contributed by atoms with E-state index < -0.39 is 11.9 Å². The van der Waals surface area contributed by atoms with Crippen LogP contribution in [-0.4, -0.2) is 39.4 Å². The molecule has 4 aromatic rings. The predicted octanol–water partition coefficient (Wildman–Crippen LogP) is 5.16. The number of amides is 1. The topological polar surface area (TPSA) is 95.5 Å². The lowest BCUT2D eigenvalue weighted by atomic mass is 10.0. The van der Waals surface area contributed by atoms with Gasteiger partial charge in [0, 0.05) is 11.1 Å². The van der Waals surface area contributed by atoms with E-state index in [0.717, 1.165) is 16.3 Å². The molecule has 0 aliphatic rings. The molecule has 0 aromatic heterocycles. The van der Waals surface area contributed by atoms with E-state index in [1.165, 1.54) is 39.7 Å². The van der Waals surface area contributed by atoms with E-state index >= 15 is 0 Å². The van der Waals surface area contributed by atoms with Crippen LogP contribution in [0.3, 0.4) is 0 Å². The number of esters is 1. The largest absolute Gasteiger partial charge is 0.493 e. The van der Waals surface area contributed by atoms with Crippen molar-refractivity contribution in [1.29, 1.82) is 0 Å². The van der Waals surface area contributed by atoms with E-state index in [1.807, 2.05) is 43.3 Å². The maximum Gasteiger partial charge on any atom is 0.343 e. The molecule has 4 aromatic carbocycles. The number of nitrogens with one attached hydrogen (secondary N) is 1. The van der Waals surface area contributed by atoms with Crippen molar-refractivity contribution in [3.63, 3.8) is 0 Å². The summed E-state index contributed by atoms with van der Waals surface area (Å²) in [5.74, 6) is 0.395. The maximum atomic E-state index is 12.9. The van der Waals surface area contributed by atoms with Crippen LogP contribution in [0.25, 0.3) is 10.8 Å². The Labute approximate surface area is 214 Å². The van der Waals surface area contributed by atoms with Crippen LogP contribution < -0.4 is 24.4 Å². The van der Waals surface area contributed by atoms with E-state index in [9.17, 15) is 9.59 Å². The standard InChI is InChI=1S/C29H26N2O6/c1-18-8-7-10-20(14-18)29(33)37-24-13-12-19-9-5-6-11-22(19)23(24)17-30-31-28(32)21-15-25(34-2)27(36-4)26(16-21)35-3/h5-17H,1-4H3,(H,31,32)/b30-17+. The van der Waals surface area contributed by atoms with E-state index in [2.05, 4.69) is 10.5 Å². The van der Waals surface area contributed by atoms with Gasteiger partial charge in [0.15, 0.2) is 11.5 Å². The van der Waals surface area contributed by atoms with E-state index in [-0.39, 0.29) is 5.56 Å². The number of carbonyl (C=O) groups excluding carboxylic acids is 2. The lowest BCUT2D eigenvalue weighted by Crippen LogP contribution is -2.18. The van der Waals surface area contributed by atoms with Gasteiger partial charge in [-0.05, 0) is 48.0 Å². The smallest absolute Gasteiger partial charge is 0.343 e. The fourth-order valence-electron chi connectivity index (χ4n) is 3.86. The van der Waals surface area contributed by atoms with Crippen molar-refractivity contribution in [3.8, 4) is 23.0 Å². The van der Waals surface area contributed by atoms with Crippen LogP contribution in [0.1, 0.15) is 31.8 Å². The van der Waals surface area contributed by atoms with Gasteiger partial charge in [-0.25, -0.2) is 10.2 Å². The van der Waals surface area contributed by atoms with Crippen molar-refractivity contribution in [2.75, 3.05) is 21.3 Å². The third-order valence-electron chi connectivity index (χ3n) is 5.67. The molecule has 8 heteroatoms. The Morgan fingerprint density at radius 3 is 2.19 bits per heavy atom. The van der Waals surface area contributed by atoms with Crippen LogP contribution in [0.4, 0.5) is 0 Å². The number of rotatable bonds is 8. The highest BCUT2D eigenvalue weighted by atomic mass is 16.5. The summed E-state index contributed by atoms with van der Waals surface area (Å²) in [6.07, 6.45) is 1.46. The van der Waals surface area contributed by atoms with Crippen LogP contribution in [0.15, 0.2) is 77.9 Å². The summed E-state index contributed by atoms with van der Waals surface area (Å²) in [6.45, 7) is 1.90. The second kappa shape index (κ2) is 11.3. The van der Waals surface area contributed by atoms with Crippen LogP contribution in [0.2, 0.25) is 0 Å². The molecule has 188 valence electrons. The molecule has 37 heavy (non-hydrogen) atoms. The Bertz CT molecular complexity index is 1470. The molecule has 1 amide bonds. The first-order chi connectivity index (χ1) is 17.9. The first-order valence-corrected chi connectivity index (χ1v) is 11.4. The molecule has 0 saturated carbocycles. The van der Waals surface area contributed by atoms with Crippen molar-refractivity contribution < 1.29 is 28.5 Å². The van der Waals surface area contributed by atoms with Gasteiger partial charge in [-0.3, -0.25) is 4.79 Å².